The molecule has 0 bridgehead atoms. The lowest BCUT2D eigenvalue weighted by molar-refractivity contribution is -0.139. The van der Waals surface area contributed by atoms with Crippen molar-refractivity contribution < 1.29 is 4.79 Å². The number of carbonyl (C=O) groups excluding carboxylic acids is 1. The lowest BCUT2D eigenvalue weighted by Crippen LogP contribution is -2.52. The third kappa shape index (κ3) is 5.37. The summed E-state index contributed by atoms with van der Waals surface area (Å²) in [6.07, 6.45) is 3.40. The van der Waals surface area contributed by atoms with Crippen molar-refractivity contribution in [3.63, 3.8) is 0 Å². The van der Waals surface area contributed by atoms with Crippen molar-refractivity contribution in [2.45, 2.75) is 32.2 Å². The first-order valence-corrected chi connectivity index (χ1v) is 11.6. The standard InChI is InChI=1S/C25H35N5O/c1-19(22-11-10-20-6-3-4-7-23(20)18-22)28-25(26-2)27-12-13-29-14-16-30(17-15-29)24(31)21-8-5-9-21/h3-4,6-7,10-11,18-19,21H,5,8-9,12-17H2,1-2H3,(H2,26,27,28). The van der Waals surface area contributed by atoms with Gasteiger partial charge in [0.2, 0.25) is 5.91 Å². The van der Waals surface area contributed by atoms with Gasteiger partial charge < -0.3 is 15.5 Å². The van der Waals surface area contributed by atoms with E-state index in [2.05, 4.69) is 74.8 Å². The van der Waals surface area contributed by atoms with Gasteiger partial charge in [-0.25, -0.2) is 0 Å². The maximum absolute atomic E-state index is 12.4. The minimum atomic E-state index is 0.164. The molecular formula is C25H35N5O. The van der Waals surface area contributed by atoms with Crippen molar-refractivity contribution in [3.8, 4) is 0 Å². The Labute approximate surface area is 185 Å². The Hall–Kier alpha value is -2.60. The van der Waals surface area contributed by atoms with Gasteiger partial charge in [0.1, 0.15) is 0 Å². The molecule has 1 amide bonds. The molecule has 31 heavy (non-hydrogen) atoms. The highest BCUT2D eigenvalue weighted by Gasteiger charge is 2.31. The van der Waals surface area contributed by atoms with Crippen LogP contribution in [-0.2, 0) is 4.79 Å². The number of fused-ring (bicyclic) bond motifs is 1. The predicted octanol–water partition coefficient (Wildman–Crippen LogP) is 3.01. The Morgan fingerprint density at radius 2 is 1.84 bits per heavy atom. The molecule has 1 aliphatic carbocycles. The second-order valence-corrected chi connectivity index (χ2v) is 8.77. The Bertz CT molecular complexity index is 915. The van der Waals surface area contributed by atoms with Crippen molar-refractivity contribution in [3.05, 3.63) is 48.0 Å². The third-order valence-electron chi connectivity index (χ3n) is 6.71. The van der Waals surface area contributed by atoms with Crippen LogP contribution in [-0.4, -0.2) is 68.0 Å². The zero-order valence-corrected chi connectivity index (χ0v) is 18.8. The molecule has 2 N–H and O–H groups in total. The van der Waals surface area contributed by atoms with Crippen LogP contribution in [0, 0.1) is 5.92 Å². The maximum Gasteiger partial charge on any atom is 0.225 e. The second-order valence-electron chi connectivity index (χ2n) is 8.77. The van der Waals surface area contributed by atoms with Crippen LogP contribution in [0.2, 0.25) is 0 Å². The summed E-state index contributed by atoms with van der Waals surface area (Å²) in [7, 11) is 1.81. The highest BCUT2D eigenvalue weighted by molar-refractivity contribution is 5.84. The second kappa shape index (κ2) is 10.1. The molecule has 2 aliphatic rings. The number of benzene rings is 2. The van der Waals surface area contributed by atoms with E-state index in [1.54, 1.807) is 0 Å². The Morgan fingerprint density at radius 1 is 1.10 bits per heavy atom. The minimum Gasteiger partial charge on any atom is -0.355 e. The number of hydrogen-bond acceptors (Lipinski definition) is 3. The zero-order chi connectivity index (χ0) is 21.6. The highest BCUT2D eigenvalue weighted by atomic mass is 16.2. The zero-order valence-electron chi connectivity index (χ0n) is 18.8. The number of hydrogen-bond donors (Lipinski definition) is 2. The molecule has 4 rings (SSSR count). The van der Waals surface area contributed by atoms with Gasteiger partial charge in [-0.3, -0.25) is 14.7 Å². The van der Waals surface area contributed by atoms with E-state index < -0.39 is 0 Å². The molecule has 166 valence electrons. The van der Waals surface area contributed by atoms with Crippen LogP contribution in [0.4, 0.5) is 0 Å². The van der Waals surface area contributed by atoms with Gasteiger partial charge in [-0.1, -0.05) is 42.8 Å². The van der Waals surface area contributed by atoms with E-state index in [-0.39, 0.29) is 6.04 Å². The van der Waals surface area contributed by atoms with Crippen molar-refractivity contribution in [1.29, 1.82) is 0 Å². The number of piperazine rings is 1. The number of carbonyl (C=O) groups is 1. The van der Waals surface area contributed by atoms with Crippen LogP contribution in [0.3, 0.4) is 0 Å². The molecular weight excluding hydrogens is 386 g/mol. The van der Waals surface area contributed by atoms with Crippen LogP contribution in [0.25, 0.3) is 10.8 Å². The summed E-state index contributed by atoms with van der Waals surface area (Å²) < 4.78 is 0. The van der Waals surface area contributed by atoms with Crippen LogP contribution in [0.5, 0.6) is 0 Å². The molecule has 0 spiro atoms. The lowest BCUT2D eigenvalue weighted by atomic mass is 9.84. The summed E-state index contributed by atoms with van der Waals surface area (Å²) >= 11 is 0. The fourth-order valence-electron chi connectivity index (χ4n) is 4.40. The van der Waals surface area contributed by atoms with E-state index in [4.69, 9.17) is 0 Å². The van der Waals surface area contributed by atoms with Crippen LogP contribution in [0.15, 0.2) is 47.5 Å². The van der Waals surface area contributed by atoms with E-state index in [0.29, 0.717) is 11.8 Å². The van der Waals surface area contributed by atoms with E-state index >= 15 is 0 Å². The number of aliphatic imine (C=N–C) groups is 1. The van der Waals surface area contributed by atoms with Crippen LogP contribution < -0.4 is 10.6 Å². The average Bonchev–Trinajstić information content (AvgIpc) is 2.77. The molecule has 1 aliphatic heterocycles. The van der Waals surface area contributed by atoms with E-state index in [1.807, 2.05) is 7.05 Å². The molecule has 1 saturated carbocycles. The van der Waals surface area contributed by atoms with Gasteiger partial charge in [-0.05, 0) is 42.2 Å². The molecule has 0 aromatic heterocycles. The molecule has 0 radical (unpaired) electrons. The van der Waals surface area contributed by atoms with Crippen LogP contribution >= 0.6 is 0 Å². The average molecular weight is 422 g/mol. The quantitative estimate of drug-likeness (QED) is 0.556. The van der Waals surface area contributed by atoms with Gasteiger partial charge in [-0.15, -0.1) is 0 Å². The molecule has 6 nitrogen and oxygen atoms in total. The number of nitrogens with zero attached hydrogens (tertiary/aromatic N) is 3. The van der Waals surface area contributed by atoms with Gasteiger partial charge in [0.15, 0.2) is 5.96 Å². The SMILES string of the molecule is CN=C(NCCN1CCN(C(=O)C2CCC2)CC1)NC(C)c1ccc2ccccc2c1. The van der Waals surface area contributed by atoms with Gasteiger partial charge in [0.05, 0.1) is 6.04 Å². The Kier molecular flexibility index (Phi) is 7.07. The summed E-state index contributed by atoms with van der Waals surface area (Å²) in [6, 6.07) is 15.2. The van der Waals surface area contributed by atoms with Crippen molar-refractivity contribution >= 4 is 22.6 Å². The summed E-state index contributed by atoms with van der Waals surface area (Å²) in [4.78, 5) is 21.3. The predicted molar refractivity (Wildman–Crippen MR) is 127 cm³/mol. The molecule has 6 heteroatoms. The van der Waals surface area contributed by atoms with E-state index in [1.165, 1.54) is 22.8 Å². The first kappa shape index (κ1) is 21.6. The molecule has 1 heterocycles. The largest absolute Gasteiger partial charge is 0.355 e. The summed E-state index contributed by atoms with van der Waals surface area (Å²) in [5, 5.41) is 9.46. The smallest absolute Gasteiger partial charge is 0.225 e. The van der Waals surface area contributed by atoms with Gasteiger partial charge in [0.25, 0.3) is 0 Å². The normalized spacial score (nSPS) is 19.2. The minimum absolute atomic E-state index is 0.164. The maximum atomic E-state index is 12.4. The number of guanidine groups is 1. The fraction of sp³-hybridized carbons (Fsp3) is 0.520. The molecule has 2 aromatic rings. The van der Waals surface area contributed by atoms with E-state index in [0.717, 1.165) is 58.1 Å². The first-order valence-electron chi connectivity index (χ1n) is 11.6. The fourth-order valence-corrected chi connectivity index (χ4v) is 4.40. The first-order chi connectivity index (χ1) is 15.1. The summed E-state index contributed by atoms with van der Waals surface area (Å²) in [6.45, 7) is 7.59. The lowest BCUT2D eigenvalue weighted by Gasteiger charge is -2.38. The molecule has 2 aromatic carbocycles. The topological polar surface area (TPSA) is 60.0 Å². The Balaban J connectivity index is 1.20. The number of amides is 1. The van der Waals surface area contributed by atoms with Gasteiger partial charge in [0, 0.05) is 52.2 Å². The van der Waals surface area contributed by atoms with Crippen molar-refractivity contribution in [1.82, 2.24) is 20.4 Å². The van der Waals surface area contributed by atoms with Crippen molar-refractivity contribution in [2.75, 3.05) is 46.3 Å². The number of nitrogens with one attached hydrogen (secondary N) is 2. The number of rotatable bonds is 6. The molecule has 1 atom stereocenters. The summed E-state index contributed by atoms with van der Waals surface area (Å²) in [5.41, 5.74) is 1.24. The molecule has 1 unspecified atom stereocenters. The monoisotopic (exact) mass is 421 g/mol. The highest BCUT2D eigenvalue weighted by Crippen LogP contribution is 2.28. The van der Waals surface area contributed by atoms with Gasteiger partial charge in [-0.2, -0.15) is 0 Å². The van der Waals surface area contributed by atoms with Gasteiger partial charge >= 0.3 is 0 Å². The summed E-state index contributed by atoms with van der Waals surface area (Å²) in [5.74, 6) is 1.52. The molecule has 2 fully saturated rings. The van der Waals surface area contributed by atoms with Crippen molar-refractivity contribution in [2.24, 2.45) is 10.9 Å². The molecule has 1 saturated heterocycles. The van der Waals surface area contributed by atoms with Crippen LogP contribution in [0.1, 0.15) is 37.8 Å². The Morgan fingerprint density at radius 3 is 2.52 bits per heavy atom. The van der Waals surface area contributed by atoms with E-state index in [9.17, 15) is 4.79 Å². The third-order valence-corrected chi connectivity index (χ3v) is 6.71.